The Morgan fingerprint density at radius 1 is 1.36 bits per heavy atom. The molecule has 1 amide bonds. The van der Waals surface area contributed by atoms with Crippen LogP contribution >= 0.6 is 46.2 Å². The summed E-state index contributed by atoms with van der Waals surface area (Å²) in [5.74, 6) is 0.817. The first-order valence-corrected chi connectivity index (χ1v) is 12.6. The van der Waals surface area contributed by atoms with Crippen LogP contribution in [0.2, 0.25) is 0 Å². The third-order valence-electron chi connectivity index (χ3n) is 3.52. The minimum atomic E-state index is -0.508. The van der Waals surface area contributed by atoms with Crippen LogP contribution in [-0.2, 0) is 0 Å². The Hall–Kier alpha value is -0.620. The number of carbonyl (C=O) groups is 1. The fourth-order valence-electron chi connectivity index (χ4n) is 2.08. The Kier molecular flexibility index (Phi) is 9.26. The zero-order chi connectivity index (χ0) is 20.7. The number of hydrogen-bond acceptors (Lipinski definition) is 9. The maximum Gasteiger partial charge on any atom is 0.258 e. The minimum Gasteiger partial charge on any atom is -0.391 e. The molecular formula is C18H27N3O3S4. The smallest absolute Gasteiger partial charge is 0.258 e. The van der Waals surface area contributed by atoms with Gasteiger partial charge in [0.05, 0.1) is 21.6 Å². The van der Waals surface area contributed by atoms with Gasteiger partial charge in [0, 0.05) is 29.0 Å². The van der Waals surface area contributed by atoms with E-state index in [0.29, 0.717) is 23.6 Å². The van der Waals surface area contributed by atoms with E-state index in [1.54, 1.807) is 29.2 Å². The Labute approximate surface area is 182 Å². The van der Waals surface area contributed by atoms with Crippen LogP contribution in [0.4, 0.5) is 0 Å². The third-order valence-corrected chi connectivity index (χ3v) is 7.90. The predicted octanol–water partition coefficient (Wildman–Crippen LogP) is 3.25. The predicted molar refractivity (Wildman–Crippen MR) is 122 cm³/mol. The van der Waals surface area contributed by atoms with Crippen molar-refractivity contribution in [1.82, 2.24) is 10.3 Å². The van der Waals surface area contributed by atoms with Gasteiger partial charge in [-0.25, -0.2) is 4.98 Å². The van der Waals surface area contributed by atoms with Crippen LogP contribution in [0.1, 0.15) is 36.9 Å². The van der Waals surface area contributed by atoms with Crippen LogP contribution < -0.4 is 11.1 Å². The first-order valence-electron chi connectivity index (χ1n) is 8.85. The highest BCUT2D eigenvalue weighted by Crippen LogP contribution is 2.33. The lowest BCUT2D eigenvalue weighted by molar-refractivity contribution is 0.100. The second-order valence-electron chi connectivity index (χ2n) is 7.24. The van der Waals surface area contributed by atoms with Gasteiger partial charge in [-0.3, -0.25) is 4.79 Å². The Morgan fingerprint density at radius 3 is 2.75 bits per heavy atom. The molecule has 156 valence electrons. The largest absolute Gasteiger partial charge is 0.391 e. The number of thioether (sulfide) groups is 2. The van der Waals surface area contributed by atoms with E-state index in [0.717, 1.165) is 20.7 Å². The summed E-state index contributed by atoms with van der Waals surface area (Å²) in [7, 11) is 0. The van der Waals surface area contributed by atoms with Crippen LogP contribution in [0.3, 0.4) is 0 Å². The maximum atomic E-state index is 11.2. The maximum absolute atomic E-state index is 11.2. The monoisotopic (exact) mass is 461 g/mol. The van der Waals surface area contributed by atoms with Crippen LogP contribution in [0.5, 0.6) is 0 Å². The summed E-state index contributed by atoms with van der Waals surface area (Å²) in [6, 6.07) is 3.57. The summed E-state index contributed by atoms with van der Waals surface area (Å²) in [4.78, 5) is 17.2. The average molecular weight is 462 g/mol. The molecule has 0 fully saturated rings. The van der Waals surface area contributed by atoms with E-state index in [-0.39, 0.29) is 5.54 Å². The van der Waals surface area contributed by atoms with Crippen molar-refractivity contribution in [3.63, 3.8) is 0 Å². The Morgan fingerprint density at radius 2 is 2.11 bits per heavy atom. The molecule has 2 heterocycles. The molecule has 0 saturated carbocycles. The van der Waals surface area contributed by atoms with Crippen molar-refractivity contribution in [1.29, 1.82) is 0 Å². The number of β-amino-alcohol motifs (C(OH)–C–C–N with tert-alkyl or cyclic N) is 1. The van der Waals surface area contributed by atoms with Gasteiger partial charge in [0.1, 0.15) is 5.44 Å². The van der Waals surface area contributed by atoms with E-state index in [4.69, 9.17) is 5.73 Å². The van der Waals surface area contributed by atoms with Gasteiger partial charge in [0.2, 0.25) is 0 Å². The molecule has 0 radical (unpaired) electrons. The molecule has 28 heavy (non-hydrogen) atoms. The lowest BCUT2D eigenvalue weighted by Crippen LogP contribution is -2.41. The Bertz CT molecular complexity index is 757. The number of carbonyl (C=O) groups excluding carboxylic acids is 1. The molecule has 0 bridgehead atoms. The zero-order valence-electron chi connectivity index (χ0n) is 16.2. The van der Waals surface area contributed by atoms with Gasteiger partial charge >= 0.3 is 0 Å². The van der Waals surface area contributed by atoms with E-state index in [1.807, 2.05) is 11.4 Å². The number of hydrogen-bond donors (Lipinski definition) is 4. The van der Waals surface area contributed by atoms with E-state index >= 15 is 0 Å². The number of thiazole rings is 1. The molecule has 10 heteroatoms. The second-order valence-corrected chi connectivity index (χ2v) is 11.7. The van der Waals surface area contributed by atoms with Crippen molar-refractivity contribution in [2.24, 2.45) is 5.73 Å². The topological polar surface area (TPSA) is 108 Å². The molecule has 0 aliphatic heterocycles. The molecule has 0 saturated heterocycles. The molecule has 2 rings (SSSR count). The molecule has 0 aromatic carbocycles. The van der Waals surface area contributed by atoms with Gasteiger partial charge in [-0.1, -0.05) is 11.8 Å². The quantitative estimate of drug-likeness (QED) is 0.300. The minimum absolute atomic E-state index is 0.0298. The summed E-state index contributed by atoms with van der Waals surface area (Å²) in [5, 5.41) is 25.3. The number of nitrogens with zero attached hydrogens (tertiary/aromatic N) is 1. The van der Waals surface area contributed by atoms with Crippen molar-refractivity contribution in [3.8, 4) is 10.6 Å². The number of aliphatic hydroxyl groups is 2. The zero-order valence-corrected chi connectivity index (χ0v) is 19.4. The van der Waals surface area contributed by atoms with Crippen molar-refractivity contribution in [2.45, 2.75) is 48.6 Å². The molecular weight excluding hydrogens is 434 g/mol. The standard InChI is InChI=1S/C18H27N3O3S4/c1-18(2,3)20-8-11(22)9-26-15(23)6-7-25-17-21-12(10-27-17)13-4-5-14(28-13)16(19)24/h4-5,10-11,15,20,22-23H,6-9H2,1-3H3,(H2,19,24). The van der Waals surface area contributed by atoms with Crippen LogP contribution in [0, 0.1) is 0 Å². The van der Waals surface area contributed by atoms with E-state index in [9.17, 15) is 15.0 Å². The average Bonchev–Trinajstić information content (AvgIpc) is 3.26. The number of thiophene rings is 1. The van der Waals surface area contributed by atoms with E-state index in [1.165, 1.54) is 23.1 Å². The molecule has 2 unspecified atom stereocenters. The fourth-order valence-corrected chi connectivity index (χ4v) is 5.86. The highest BCUT2D eigenvalue weighted by Gasteiger charge is 2.15. The molecule has 0 aliphatic carbocycles. The molecule has 0 spiro atoms. The number of aromatic nitrogens is 1. The van der Waals surface area contributed by atoms with Gasteiger partial charge in [-0.2, -0.15) is 0 Å². The van der Waals surface area contributed by atoms with Gasteiger partial charge in [-0.15, -0.1) is 34.4 Å². The SMILES string of the molecule is CC(C)(C)NCC(O)CSC(O)CCSc1nc(-c2ccc(C(N)=O)s2)cs1. The molecule has 0 aliphatic rings. The number of rotatable bonds is 11. The molecule has 2 atom stereocenters. The van der Waals surface area contributed by atoms with Gasteiger partial charge < -0.3 is 21.3 Å². The normalized spacial score (nSPS) is 14.2. The van der Waals surface area contributed by atoms with E-state index in [2.05, 4.69) is 31.1 Å². The summed E-state index contributed by atoms with van der Waals surface area (Å²) >= 11 is 5.85. The summed E-state index contributed by atoms with van der Waals surface area (Å²) in [6.45, 7) is 6.67. The lowest BCUT2D eigenvalue weighted by Gasteiger charge is -2.23. The van der Waals surface area contributed by atoms with Crippen LogP contribution in [0.15, 0.2) is 21.9 Å². The highest BCUT2D eigenvalue weighted by molar-refractivity contribution is 8.01. The molecule has 5 N–H and O–H groups in total. The Balaban J connectivity index is 1.69. The van der Waals surface area contributed by atoms with Gasteiger partial charge in [-0.05, 0) is 39.3 Å². The van der Waals surface area contributed by atoms with E-state index < -0.39 is 17.4 Å². The number of nitrogens with one attached hydrogen (secondary N) is 1. The van der Waals surface area contributed by atoms with Crippen molar-refractivity contribution >= 4 is 52.1 Å². The molecule has 2 aromatic rings. The van der Waals surface area contributed by atoms with Crippen molar-refractivity contribution in [3.05, 3.63) is 22.4 Å². The number of nitrogens with two attached hydrogens (primary N) is 1. The number of aliphatic hydroxyl groups excluding tert-OH is 2. The van der Waals surface area contributed by atoms with Gasteiger partial charge in [0.25, 0.3) is 5.91 Å². The fraction of sp³-hybridized carbons (Fsp3) is 0.556. The van der Waals surface area contributed by atoms with Crippen LogP contribution in [0.25, 0.3) is 10.6 Å². The molecule has 2 aromatic heterocycles. The van der Waals surface area contributed by atoms with Gasteiger partial charge in [0.15, 0.2) is 4.34 Å². The summed E-state index contributed by atoms with van der Waals surface area (Å²) in [5.41, 5.74) is 5.59. The second kappa shape index (κ2) is 11.0. The van der Waals surface area contributed by atoms with Crippen LogP contribution in [-0.4, -0.2) is 56.2 Å². The third kappa shape index (κ3) is 8.40. The first kappa shape index (κ1) is 23.7. The highest BCUT2D eigenvalue weighted by atomic mass is 32.2. The summed E-state index contributed by atoms with van der Waals surface area (Å²) in [6.07, 6.45) is 0.137. The first-order chi connectivity index (χ1) is 13.1. The van der Waals surface area contributed by atoms with Crippen molar-refractivity contribution < 1.29 is 15.0 Å². The lowest BCUT2D eigenvalue weighted by atomic mass is 10.1. The summed E-state index contributed by atoms with van der Waals surface area (Å²) < 4.78 is 0.927. The number of primary amides is 1. The van der Waals surface area contributed by atoms with Crippen molar-refractivity contribution in [2.75, 3.05) is 18.1 Å². The molecule has 6 nitrogen and oxygen atoms in total. The number of amides is 1.